The lowest BCUT2D eigenvalue weighted by Gasteiger charge is -2.18. The molecule has 2 unspecified atom stereocenters. The smallest absolute Gasteiger partial charge is 0.382 e. The molecule has 0 saturated carbocycles. The Morgan fingerprint density at radius 1 is 1.27 bits per heavy atom. The Morgan fingerprint density at radius 2 is 1.87 bits per heavy atom. The maximum absolute atomic E-state index is 11.9. The quantitative estimate of drug-likeness (QED) is 0.517. The predicted molar refractivity (Wildman–Crippen MR) is 52.1 cm³/mol. The molecule has 0 fully saturated rings. The van der Waals surface area contributed by atoms with Gasteiger partial charge in [-0.1, -0.05) is 0 Å². The molecule has 3 nitrogen and oxygen atoms in total. The van der Waals surface area contributed by atoms with Crippen molar-refractivity contribution in [3.63, 3.8) is 0 Å². The van der Waals surface area contributed by atoms with E-state index in [-0.39, 0.29) is 18.6 Å². The summed E-state index contributed by atoms with van der Waals surface area (Å²) in [7, 11) is 1.57. The fraction of sp³-hybridized carbons (Fsp3) is 1.00. The normalized spacial score (nSPS) is 16.4. The van der Waals surface area contributed by atoms with Gasteiger partial charge in [0.25, 0.3) is 0 Å². The first-order chi connectivity index (χ1) is 6.89. The zero-order valence-corrected chi connectivity index (χ0v) is 9.10. The molecule has 0 radical (unpaired) electrons. The van der Waals surface area contributed by atoms with E-state index in [9.17, 15) is 13.2 Å². The Hall–Kier alpha value is -0.330. The molecule has 6 heteroatoms. The maximum Gasteiger partial charge on any atom is 0.389 e. The van der Waals surface area contributed by atoms with E-state index in [2.05, 4.69) is 5.43 Å². The van der Waals surface area contributed by atoms with E-state index in [1.807, 2.05) is 6.92 Å². The van der Waals surface area contributed by atoms with Gasteiger partial charge in [0.2, 0.25) is 0 Å². The van der Waals surface area contributed by atoms with Gasteiger partial charge < -0.3 is 4.74 Å². The monoisotopic (exact) mass is 228 g/mol. The number of methoxy groups -OCH3 is 1. The lowest BCUT2D eigenvalue weighted by Crippen LogP contribution is -2.36. The average Bonchev–Trinajstić information content (AvgIpc) is 2.16. The Kier molecular flexibility index (Phi) is 6.87. The van der Waals surface area contributed by atoms with Crippen LogP contribution in [0.3, 0.4) is 0 Å². The molecule has 15 heavy (non-hydrogen) atoms. The summed E-state index contributed by atoms with van der Waals surface area (Å²) < 4.78 is 40.8. The van der Waals surface area contributed by atoms with Crippen LogP contribution < -0.4 is 11.3 Å². The zero-order valence-electron chi connectivity index (χ0n) is 9.10. The predicted octanol–water partition coefficient (Wildman–Crippen LogP) is 1.98. The van der Waals surface area contributed by atoms with E-state index in [0.29, 0.717) is 12.8 Å². The highest BCUT2D eigenvalue weighted by molar-refractivity contribution is 4.67. The van der Waals surface area contributed by atoms with Crippen LogP contribution in [0.2, 0.25) is 0 Å². The van der Waals surface area contributed by atoms with E-state index in [1.165, 1.54) is 0 Å². The fourth-order valence-electron chi connectivity index (χ4n) is 1.20. The molecule has 0 saturated heterocycles. The summed E-state index contributed by atoms with van der Waals surface area (Å²) in [6.07, 6.45) is -3.57. The third-order valence-corrected chi connectivity index (χ3v) is 2.34. The Bertz CT molecular complexity index is 164. The van der Waals surface area contributed by atoms with Crippen LogP contribution in [0.25, 0.3) is 0 Å². The van der Waals surface area contributed by atoms with Crippen molar-refractivity contribution >= 4 is 0 Å². The molecule has 0 amide bonds. The van der Waals surface area contributed by atoms with E-state index >= 15 is 0 Å². The first-order valence-electron chi connectivity index (χ1n) is 4.94. The van der Waals surface area contributed by atoms with Crippen LogP contribution in [0.1, 0.15) is 32.6 Å². The summed E-state index contributed by atoms with van der Waals surface area (Å²) in [5, 5.41) is 0. The molecule has 2 atom stereocenters. The molecule has 0 bridgehead atoms. The van der Waals surface area contributed by atoms with Crippen LogP contribution in [0.15, 0.2) is 0 Å². The lowest BCUT2D eigenvalue weighted by atomic mass is 10.0. The number of halogens is 3. The SMILES string of the molecule is COC(C)CCC(CCC(F)(F)F)NN. The topological polar surface area (TPSA) is 47.3 Å². The van der Waals surface area contributed by atoms with Gasteiger partial charge >= 0.3 is 6.18 Å². The van der Waals surface area contributed by atoms with E-state index in [1.54, 1.807) is 7.11 Å². The number of hydrogen-bond donors (Lipinski definition) is 2. The lowest BCUT2D eigenvalue weighted by molar-refractivity contribution is -0.136. The van der Waals surface area contributed by atoms with Gasteiger partial charge in [0.05, 0.1) is 6.10 Å². The largest absolute Gasteiger partial charge is 0.389 e. The zero-order chi connectivity index (χ0) is 11.9. The minimum absolute atomic E-state index is 0.0104. The first-order valence-corrected chi connectivity index (χ1v) is 4.94. The summed E-state index contributed by atoms with van der Waals surface area (Å²) in [5.74, 6) is 5.17. The number of alkyl halides is 3. The highest BCUT2D eigenvalue weighted by Gasteiger charge is 2.28. The van der Waals surface area contributed by atoms with Gasteiger partial charge in [0.15, 0.2) is 0 Å². The summed E-state index contributed by atoms with van der Waals surface area (Å²) in [5.41, 5.74) is 2.40. The van der Waals surface area contributed by atoms with Crippen molar-refractivity contribution in [1.29, 1.82) is 0 Å². The Balaban J connectivity index is 3.73. The molecule has 92 valence electrons. The minimum Gasteiger partial charge on any atom is -0.382 e. The van der Waals surface area contributed by atoms with Crippen molar-refractivity contribution in [3.05, 3.63) is 0 Å². The molecule has 0 aromatic rings. The van der Waals surface area contributed by atoms with E-state index in [0.717, 1.165) is 0 Å². The highest BCUT2D eigenvalue weighted by atomic mass is 19.4. The molecular formula is C9H19F3N2O. The number of nitrogens with two attached hydrogens (primary N) is 1. The summed E-state index contributed by atoms with van der Waals surface area (Å²) in [6, 6.07) is -0.302. The molecule has 0 aliphatic carbocycles. The third-order valence-electron chi connectivity index (χ3n) is 2.34. The van der Waals surface area contributed by atoms with Gasteiger partial charge in [-0.05, 0) is 26.2 Å². The summed E-state index contributed by atoms with van der Waals surface area (Å²) >= 11 is 0. The molecule has 0 heterocycles. The molecule has 0 aromatic heterocycles. The molecule has 3 N–H and O–H groups in total. The van der Waals surface area contributed by atoms with Crippen molar-refractivity contribution in [1.82, 2.24) is 5.43 Å². The number of nitrogens with one attached hydrogen (secondary N) is 1. The van der Waals surface area contributed by atoms with Gasteiger partial charge in [0, 0.05) is 19.6 Å². The summed E-state index contributed by atoms with van der Waals surface area (Å²) in [4.78, 5) is 0. The van der Waals surface area contributed by atoms with Crippen molar-refractivity contribution in [3.8, 4) is 0 Å². The van der Waals surface area contributed by atoms with Gasteiger partial charge in [-0.25, -0.2) is 0 Å². The standard InChI is InChI=1S/C9H19F3N2O/c1-7(15-2)3-4-8(14-13)5-6-9(10,11)12/h7-8,14H,3-6,13H2,1-2H3. The van der Waals surface area contributed by atoms with Crippen LogP contribution in [-0.2, 0) is 4.74 Å². The molecule has 0 rings (SSSR count). The van der Waals surface area contributed by atoms with Crippen LogP contribution in [-0.4, -0.2) is 25.4 Å². The number of hydrazine groups is 1. The van der Waals surface area contributed by atoms with Gasteiger partial charge in [-0.3, -0.25) is 11.3 Å². The van der Waals surface area contributed by atoms with Crippen LogP contribution in [0, 0.1) is 0 Å². The van der Waals surface area contributed by atoms with Gasteiger partial charge in [0.1, 0.15) is 0 Å². The highest BCUT2D eigenvalue weighted by Crippen LogP contribution is 2.23. The van der Waals surface area contributed by atoms with Crippen molar-refractivity contribution in [2.45, 2.75) is 50.9 Å². The summed E-state index contributed by atoms with van der Waals surface area (Å²) in [6.45, 7) is 1.87. The fourth-order valence-corrected chi connectivity index (χ4v) is 1.20. The molecule has 0 aromatic carbocycles. The van der Waals surface area contributed by atoms with Gasteiger partial charge in [-0.15, -0.1) is 0 Å². The van der Waals surface area contributed by atoms with Crippen molar-refractivity contribution in [2.24, 2.45) is 5.84 Å². The Morgan fingerprint density at radius 3 is 2.27 bits per heavy atom. The van der Waals surface area contributed by atoms with Gasteiger partial charge in [-0.2, -0.15) is 13.2 Å². The third kappa shape index (κ3) is 8.65. The second-order valence-electron chi connectivity index (χ2n) is 3.64. The Labute approximate surface area is 88.1 Å². The van der Waals surface area contributed by atoms with E-state index in [4.69, 9.17) is 10.6 Å². The average molecular weight is 228 g/mol. The molecular weight excluding hydrogens is 209 g/mol. The number of ether oxygens (including phenoxy) is 1. The van der Waals surface area contributed by atoms with Crippen LogP contribution >= 0.6 is 0 Å². The van der Waals surface area contributed by atoms with Crippen molar-refractivity contribution in [2.75, 3.05) is 7.11 Å². The number of rotatable bonds is 7. The number of hydrogen-bond acceptors (Lipinski definition) is 3. The second-order valence-corrected chi connectivity index (χ2v) is 3.64. The minimum atomic E-state index is -4.11. The maximum atomic E-state index is 11.9. The molecule has 0 spiro atoms. The van der Waals surface area contributed by atoms with Crippen LogP contribution in [0.4, 0.5) is 13.2 Å². The molecule has 0 aliphatic heterocycles. The van der Waals surface area contributed by atoms with E-state index < -0.39 is 12.6 Å². The van der Waals surface area contributed by atoms with Crippen molar-refractivity contribution < 1.29 is 17.9 Å². The molecule has 0 aliphatic rings. The van der Waals surface area contributed by atoms with Crippen LogP contribution in [0.5, 0.6) is 0 Å². The first kappa shape index (κ1) is 14.7. The second kappa shape index (κ2) is 7.03.